The highest BCUT2D eigenvalue weighted by atomic mass is 16.5. The normalized spacial score (nSPS) is 18.6. The minimum absolute atomic E-state index is 0.454. The monoisotopic (exact) mass is 188 g/mol. The zero-order chi connectivity index (χ0) is 10.1. The lowest BCUT2D eigenvalue weighted by molar-refractivity contribution is 0.192. The van der Waals surface area contributed by atoms with Gasteiger partial charge in [0.05, 0.1) is 6.61 Å². The second kappa shape index (κ2) is 3.58. The quantitative estimate of drug-likeness (QED) is 0.693. The number of benzene rings is 1. The molecule has 1 aromatic rings. The van der Waals surface area contributed by atoms with E-state index in [0.717, 1.165) is 6.61 Å². The highest BCUT2D eigenvalue weighted by Crippen LogP contribution is 2.34. The summed E-state index contributed by atoms with van der Waals surface area (Å²) in [4.78, 5) is 0. The van der Waals surface area contributed by atoms with E-state index in [1.807, 2.05) is 0 Å². The lowest BCUT2D eigenvalue weighted by Crippen LogP contribution is -2.04. The molecule has 0 aliphatic heterocycles. The molecular weight excluding hydrogens is 172 g/mol. The van der Waals surface area contributed by atoms with Crippen LogP contribution in [0, 0.1) is 13.8 Å². The standard InChI is InChI=1S/C13H16O/c1-9-4-5-10(2)13-11(8-14-3)6-7-12(9)13/h4-7,11H,8H2,1-3H3. The van der Waals surface area contributed by atoms with Crippen LogP contribution in [0.25, 0.3) is 6.08 Å². The number of hydrogen-bond acceptors (Lipinski definition) is 1. The molecule has 0 saturated carbocycles. The lowest BCUT2D eigenvalue weighted by Gasteiger charge is -2.14. The zero-order valence-electron chi connectivity index (χ0n) is 9.00. The second-order valence-corrected chi connectivity index (χ2v) is 3.95. The summed E-state index contributed by atoms with van der Waals surface area (Å²) in [6, 6.07) is 4.39. The van der Waals surface area contributed by atoms with Crippen LogP contribution in [-0.2, 0) is 4.74 Å². The highest BCUT2D eigenvalue weighted by Gasteiger charge is 2.20. The Labute approximate surface area is 85.4 Å². The molecule has 0 saturated heterocycles. The van der Waals surface area contributed by atoms with E-state index in [9.17, 15) is 0 Å². The summed E-state index contributed by atoms with van der Waals surface area (Å²) in [6.07, 6.45) is 4.47. The Morgan fingerprint density at radius 1 is 1.21 bits per heavy atom. The van der Waals surface area contributed by atoms with Gasteiger partial charge in [-0.1, -0.05) is 24.3 Å². The van der Waals surface area contributed by atoms with Crippen molar-refractivity contribution >= 4 is 6.08 Å². The molecule has 0 aromatic heterocycles. The van der Waals surface area contributed by atoms with Crippen LogP contribution >= 0.6 is 0 Å². The van der Waals surface area contributed by atoms with Gasteiger partial charge < -0.3 is 4.74 Å². The topological polar surface area (TPSA) is 9.23 Å². The van der Waals surface area contributed by atoms with E-state index in [4.69, 9.17) is 4.74 Å². The Hall–Kier alpha value is -1.08. The van der Waals surface area contributed by atoms with Crippen LogP contribution in [-0.4, -0.2) is 13.7 Å². The number of hydrogen-bond donors (Lipinski definition) is 0. The van der Waals surface area contributed by atoms with Gasteiger partial charge in [0.1, 0.15) is 0 Å². The van der Waals surface area contributed by atoms with Crippen molar-refractivity contribution in [2.75, 3.05) is 13.7 Å². The Bertz CT molecular complexity index is 377. The fraction of sp³-hybridized carbons (Fsp3) is 0.385. The molecule has 1 unspecified atom stereocenters. The summed E-state index contributed by atoms with van der Waals surface area (Å²) in [5.41, 5.74) is 5.58. The van der Waals surface area contributed by atoms with E-state index in [-0.39, 0.29) is 0 Å². The van der Waals surface area contributed by atoms with Crippen LogP contribution in [0.3, 0.4) is 0 Å². The largest absolute Gasteiger partial charge is 0.384 e. The molecule has 0 bridgehead atoms. The third kappa shape index (κ3) is 1.38. The molecule has 1 aliphatic carbocycles. The highest BCUT2D eigenvalue weighted by molar-refractivity contribution is 5.67. The molecule has 0 spiro atoms. The molecule has 1 heteroatoms. The number of aryl methyl sites for hydroxylation is 2. The molecule has 0 N–H and O–H groups in total. The van der Waals surface area contributed by atoms with E-state index < -0.39 is 0 Å². The van der Waals surface area contributed by atoms with Gasteiger partial charge in [-0.2, -0.15) is 0 Å². The van der Waals surface area contributed by atoms with Gasteiger partial charge in [-0.25, -0.2) is 0 Å². The van der Waals surface area contributed by atoms with Crippen molar-refractivity contribution in [1.82, 2.24) is 0 Å². The maximum absolute atomic E-state index is 5.23. The first-order valence-electron chi connectivity index (χ1n) is 5.01. The van der Waals surface area contributed by atoms with Crippen molar-refractivity contribution in [3.63, 3.8) is 0 Å². The van der Waals surface area contributed by atoms with Gasteiger partial charge in [0.2, 0.25) is 0 Å². The van der Waals surface area contributed by atoms with Gasteiger partial charge in [0.15, 0.2) is 0 Å². The van der Waals surface area contributed by atoms with Crippen LogP contribution in [0.1, 0.15) is 28.2 Å². The van der Waals surface area contributed by atoms with Crippen LogP contribution in [0.2, 0.25) is 0 Å². The minimum atomic E-state index is 0.454. The Kier molecular flexibility index (Phi) is 2.42. The SMILES string of the molecule is COCC1C=Cc2c(C)ccc(C)c21. The van der Waals surface area contributed by atoms with Crippen LogP contribution < -0.4 is 0 Å². The van der Waals surface area contributed by atoms with Gasteiger partial charge >= 0.3 is 0 Å². The van der Waals surface area contributed by atoms with Gasteiger partial charge in [-0.05, 0) is 36.1 Å². The fourth-order valence-electron chi connectivity index (χ4n) is 2.19. The Morgan fingerprint density at radius 3 is 2.64 bits per heavy atom. The smallest absolute Gasteiger partial charge is 0.0566 e. The summed E-state index contributed by atoms with van der Waals surface area (Å²) in [5, 5.41) is 0. The van der Waals surface area contributed by atoms with Crippen LogP contribution in [0.4, 0.5) is 0 Å². The number of rotatable bonds is 2. The number of fused-ring (bicyclic) bond motifs is 1. The molecule has 0 heterocycles. The predicted molar refractivity (Wildman–Crippen MR) is 59.6 cm³/mol. The first-order valence-corrected chi connectivity index (χ1v) is 5.01. The molecule has 1 aliphatic rings. The molecule has 0 amide bonds. The van der Waals surface area contributed by atoms with Crippen molar-refractivity contribution in [3.8, 4) is 0 Å². The maximum Gasteiger partial charge on any atom is 0.0566 e. The molecule has 0 fully saturated rings. The molecule has 74 valence electrons. The summed E-state index contributed by atoms with van der Waals surface area (Å²) in [7, 11) is 1.76. The first-order chi connectivity index (χ1) is 6.74. The number of ether oxygens (including phenoxy) is 1. The molecule has 1 atom stereocenters. The van der Waals surface area contributed by atoms with Gasteiger partial charge in [0.25, 0.3) is 0 Å². The second-order valence-electron chi connectivity index (χ2n) is 3.95. The first kappa shape index (κ1) is 9.47. The van der Waals surface area contributed by atoms with Crippen molar-refractivity contribution < 1.29 is 4.74 Å². The predicted octanol–water partition coefficient (Wildman–Crippen LogP) is 3.06. The van der Waals surface area contributed by atoms with Gasteiger partial charge in [-0.3, -0.25) is 0 Å². The zero-order valence-corrected chi connectivity index (χ0v) is 9.00. The summed E-state index contributed by atoms with van der Waals surface area (Å²) in [5.74, 6) is 0.454. The molecular formula is C13H16O. The average molecular weight is 188 g/mol. The Balaban J connectivity index is 2.47. The van der Waals surface area contributed by atoms with Crippen LogP contribution in [0.15, 0.2) is 18.2 Å². The molecule has 0 radical (unpaired) electrons. The molecule has 2 rings (SSSR count). The summed E-state index contributed by atoms with van der Waals surface area (Å²) in [6.45, 7) is 5.12. The minimum Gasteiger partial charge on any atom is -0.384 e. The average Bonchev–Trinajstić information content (AvgIpc) is 2.58. The van der Waals surface area contributed by atoms with E-state index >= 15 is 0 Å². The van der Waals surface area contributed by atoms with E-state index in [1.165, 1.54) is 22.3 Å². The third-order valence-corrected chi connectivity index (χ3v) is 2.94. The Morgan fingerprint density at radius 2 is 1.93 bits per heavy atom. The fourth-order valence-corrected chi connectivity index (χ4v) is 2.19. The van der Waals surface area contributed by atoms with E-state index in [0.29, 0.717) is 5.92 Å². The molecule has 1 aromatic carbocycles. The van der Waals surface area contributed by atoms with Crippen molar-refractivity contribution in [3.05, 3.63) is 40.5 Å². The van der Waals surface area contributed by atoms with Gasteiger partial charge in [0, 0.05) is 13.0 Å². The molecule has 1 nitrogen and oxygen atoms in total. The van der Waals surface area contributed by atoms with Crippen molar-refractivity contribution in [2.24, 2.45) is 0 Å². The molecule has 14 heavy (non-hydrogen) atoms. The van der Waals surface area contributed by atoms with Crippen molar-refractivity contribution in [1.29, 1.82) is 0 Å². The maximum atomic E-state index is 5.23. The van der Waals surface area contributed by atoms with Crippen LogP contribution in [0.5, 0.6) is 0 Å². The third-order valence-electron chi connectivity index (χ3n) is 2.94. The van der Waals surface area contributed by atoms with E-state index in [1.54, 1.807) is 7.11 Å². The summed E-state index contributed by atoms with van der Waals surface area (Å²) >= 11 is 0. The van der Waals surface area contributed by atoms with E-state index in [2.05, 4.69) is 38.1 Å². The summed E-state index contributed by atoms with van der Waals surface area (Å²) < 4.78 is 5.23. The number of methoxy groups -OCH3 is 1. The van der Waals surface area contributed by atoms with Gasteiger partial charge in [-0.15, -0.1) is 0 Å². The van der Waals surface area contributed by atoms with Crippen molar-refractivity contribution in [2.45, 2.75) is 19.8 Å². The lowest BCUT2D eigenvalue weighted by atomic mass is 9.94.